The van der Waals surface area contributed by atoms with Crippen LogP contribution in [0.3, 0.4) is 0 Å². The van der Waals surface area contributed by atoms with Gasteiger partial charge < -0.3 is 101 Å². The molecule has 1 aromatic rings. The summed E-state index contributed by atoms with van der Waals surface area (Å²) in [6, 6.07) is -3.66. The largest absolute Gasteiger partial charge is 0.480 e. The maximum absolute atomic E-state index is 13.8. The predicted octanol–water partition coefficient (Wildman–Crippen LogP) is 2.32. The van der Waals surface area contributed by atoms with Crippen LogP contribution in [-0.2, 0) is 68.5 Å². The Kier molecular flexibility index (Phi) is 35.5. The number of alkyl carbamates (subject to hydrolysis) is 2. The molecular formula is C63H110N10O21. The minimum atomic E-state index is -1.93. The highest BCUT2D eigenvalue weighted by Gasteiger charge is 2.52. The lowest BCUT2D eigenvalue weighted by Crippen LogP contribution is -2.64. The molecule has 0 radical (unpaired) electrons. The van der Waals surface area contributed by atoms with E-state index < -0.39 is 133 Å². The average Bonchev–Trinajstić information content (AvgIpc) is 0.943. The van der Waals surface area contributed by atoms with E-state index in [1.807, 2.05) is 20.0 Å². The van der Waals surface area contributed by atoms with Crippen LogP contribution in [0.15, 0.2) is 18.3 Å². The van der Waals surface area contributed by atoms with Gasteiger partial charge in [0.05, 0.1) is 48.7 Å². The number of nitrogens with one attached hydrogen (secondary N) is 6. The van der Waals surface area contributed by atoms with Crippen LogP contribution in [0.5, 0.6) is 0 Å². The van der Waals surface area contributed by atoms with Crippen molar-refractivity contribution in [3.63, 3.8) is 0 Å². The second-order valence-corrected chi connectivity index (χ2v) is 26.7. The molecule has 2 aliphatic rings. The Bertz CT molecular complexity index is 2540. The fraction of sp³-hybridized carbons (Fsp3) is 0.810. The molecule has 5 amide bonds. The molecule has 0 aromatic carbocycles. The molecule has 0 bridgehead atoms. The van der Waals surface area contributed by atoms with Gasteiger partial charge in [-0.15, -0.1) is 5.10 Å². The van der Waals surface area contributed by atoms with Crippen molar-refractivity contribution in [3.05, 3.63) is 24.0 Å². The number of carboxylic acid groups (broad SMARTS) is 2. The summed E-state index contributed by atoms with van der Waals surface area (Å²) in [5.41, 5.74) is 3.41. The number of aliphatic hydroxyl groups excluding tert-OH is 4. The minimum absolute atomic E-state index is 0.00628. The zero-order valence-electron chi connectivity index (χ0n) is 57.0. The number of ether oxygens (including phenoxy) is 7. The zero-order valence-corrected chi connectivity index (χ0v) is 57.0. The molecule has 14 N–H and O–H groups in total. The van der Waals surface area contributed by atoms with Crippen molar-refractivity contribution in [2.24, 2.45) is 11.7 Å². The molecule has 2 aliphatic heterocycles. The number of Topliss-reactive ketones (excluding diaryl/α,β-unsaturated/α-hetero) is 1. The summed E-state index contributed by atoms with van der Waals surface area (Å²) in [5.74, 6) is -3.95. The highest BCUT2D eigenvalue weighted by molar-refractivity contribution is 5.92. The first kappa shape index (κ1) is 82.2. The van der Waals surface area contributed by atoms with Crippen molar-refractivity contribution in [3.8, 4) is 0 Å². The number of hydrogen-bond donors (Lipinski definition) is 13. The van der Waals surface area contributed by atoms with Gasteiger partial charge in [-0.1, -0.05) is 44.6 Å². The van der Waals surface area contributed by atoms with Crippen molar-refractivity contribution < 1.29 is 102 Å². The van der Waals surface area contributed by atoms with Crippen LogP contribution >= 0.6 is 0 Å². The molecule has 538 valence electrons. The highest BCUT2D eigenvalue weighted by atomic mass is 16.7. The zero-order chi connectivity index (χ0) is 70.5. The molecule has 15 atom stereocenters. The van der Waals surface area contributed by atoms with Gasteiger partial charge in [-0.3, -0.25) is 28.7 Å². The number of nitrogens with two attached hydrogens (primary N) is 1. The van der Waals surface area contributed by atoms with E-state index in [0.29, 0.717) is 71.0 Å². The normalized spacial score (nSPS) is 23.5. The number of carbonyl (C=O) groups excluding carboxylic acids is 6. The maximum Gasteiger partial charge on any atom is 0.408 e. The third-order valence-electron chi connectivity index (χ3n) is 15.7. The Morgan fingerprint density at radius 1 is 0.702 bits per heavy atom. The third kappa shape index (κ3) is 30.0. The van der Waals surface area contributed by atoms with E-state index in [1.165, 1.54) is 0 Å². The lowest BCUT2D eigenvalue weighted by atomic mass is 9.91. The molecular weight excluding hydrogens is 1230 g/mol. The number of unbranched alkanes of at least 4 members (excludes halogenated alkanes) is 5. The summed E-state index contributed by atoms with van der Waals surface area (Å²) in [4.78, 5) is 101. The van der Waals surface area contributed by atoms with E-state index >= 15 is 0 Å². The highest BCUT2D eigenvalue weighted by Crippen LogP contribution is 2.31. The second kappa shape index (κ2) is 40.5. The monoisotopic (exact) mass is 1340 g/mol. The van der Waals surface area contributed by atoms with Crippen molar-refractivity contribution in [2.45, 2.75) is 282 Å². The molecule has 31 nitrogen and oxygen atoms in total. The van der Waals surface area contributed by atoms with E-state index in [2.05, 4.69) is 61.3 Å². The van der Waals surface area contributed by atoms with Crippen molar-refractivity contribution >= 4 is 47.6 Å². The standard InChI is InChI=1S/C63H110N10O21/c1-13-15-16-17-18-19-20-27-46(75)69-40(25-21-23-28-67-63(11,12)45(74)33-65-47(76)31-64)54(81)66-32-37(3)30-39(14-2)42-34-73(72-71-42)29-24-22-26-41(56(84)85)70-60(87)93-53-48(77)43(91-58(51(53)80)94-62(8,9)10)35-88-57-50(79)52(92-59(86)68-38(4)55(82)83)49(78)44(90-57)36-89-61(5,6)7/h15-16,34,37-41,43-44,48-53,57-58,67,77-80H,13-14,17-33,35-36,64H2,1-12H3,(H,65,76)(H,66,81)(H,68,86)(H,69,75)(H,70,87)(H,82,83)(H,84,85)/b16-15-/t37?,38-,39?,40-,41-,43?,44?,48+,49+,50?,51?,52?,53?,57+,58+/m0/s1. The topological polar surface area (TPSA) is 451 Å². The number of carbonyl (C=O) groups is 8. The predicted molar refractivity (Wildman–Crippen MR) is 340 cm³/mol. The fourth-order valence-electron chi connectivity index (χ4n) is 10.1. The van der Waals surface area contributed by atoms with Crippen LogP contribution in [0, 0.1) is 5.92 Å². The SMILES string of the molecule is CC/C=C\CCCCCC(=O)N[C@@H](CCCCNC(C)(C)C(=O)CNC(=O)CN)C(=O)NCC(C)CC(CC)c1cn(CCCC[C@H](NC(=O)OC2C(O)[C@@H](OC(C)(C)C)OC(CO[C@@H]3OC(COC(C)(C)C)[C@@H](O)C(OC(=O)N[C@@H](C)C(=O)O)C3O)[C@H]2O)C(=O)O)nn1. The van der Waals surface area contributed by atoms with Gasteiger partial charge in [-0.2, -0.15) is 0 Å². The average molecular weight is 1340 g/mol. The van der Waals surface area contributed by atoms with Gasteiger partial charge in [0.2, 0.25) is 17.7 Å². The van der Waals surface area contributed by atoms with E-state index in [-0.39, 0.29) is 62.0 Å². The first-order valence-corrected chi connectivity index (χ1v) is 32.8. The molecule has 94 heavy (non-hydrogen) atoms. The summed E-state index contributed by atoms with van der Waals surface area (Å²) in [7, 11) is 0. The van der Waals surface area contributed by atoms with Crippen LogP contribution in [0.25, 0.3) is 0 Å². The lowest BCUT2D eigenvalue weighted by Gasteiger charge is -2.45. The van der Waals surface area contributed by atoms with Crippen LogP contribution in [0.4, 0.5) is 9.59 Å². The van der Waals surface area contributed by atoms with E-state index in [1.54, 1.807) is 60.1 Å². The second-order valence-electron chi connectivity index (χ2n) is 26.7. The molecule has 0 aliphatic carbocycles. The number of amides is 5. The molecule has 2 saturated heterocycles. The summed E-state index contributed by atoms with van der Waals surface area (Å²) in [6.45, 7) is 20.6. The number of aromatic nitrogens is 3. The van der Waals surface area contributed by atoms with Crippen LogP contribution < -0.4 is 37.6 Å². The molecule has 31 heteroatoms. The smallest absolute Gasteiger partial charge is 0.408 e. The molecule has 0 saturated carbocycles. The van der Waals surface area contributed by atoms with Crippen molar-refractivity contribution in [2.75, 3.05) is 39.4 Å². The Balaban J connectivity index is 1.60. The summed E-state index contributed by atoms with van der Waals surface area (Å²) in [5, 5.41) is 89.7. The molecule has 3 heterocycles. The van der Waals surface area contributed by atoms with Crippen LogP contribution in [0.2, 0.25) is 0 Å². The first-order chi connectivity index (χ1) is 44.1. The summed E-state index contributed by atoms with van der Waals surface area (Å²) >= 11 is 0. The quantitative estimate of drug-likeness (QED) is 0.0330. The fourth-order valence-corrected chi connectivity index (χ4v) is 10.1. The van der Waals surface area contributed by atoms with E-state index in [0.717, 1.165) is 38.3 Å². The van der Waals surface area contributed by atoms with Gasteiger partial charge in [0.25, 0.3) is 0 Å². The molecule has 1 aromatic heterocycles. The number of aliphatic carboxylic acids is 2. The Hall–Kier alpha value is -6.00. The number of aryl methyl sites for hydroxylation is 1. The summed E-state index contributed by atoms with van der Waals surface area (Å²) in [6.07, 6.45) is -5.31. The number of ketones is 1. The maximum atomic E-state index is 13.8. The number of nitrogens with zero attached hydrogens (tertiary/aromatic N) is 3. The van der Waals surface area contributed by atoms with Gasteiger partial charge in [0, 0.05) is 31.6 Å². The lowest BCUT2D eigenvalue weighted by molar-refractivity contribution is -0.341. The van der Waals surface area contributed by atoms with Gasteiger partial charge in [0.15, 0.2) is 30.6 Å². The number of rotatable bonds is 42. The Morgan fingerprint density at radius 2 is 1.32 bits per heavy atom. The number of carboxylic acids is 2. The first-order valence-electron chi connectivity index (χ1n) is 32.8. The van der Waals surface area contributed by atoms with Gasteiger partial charge in [-0.05, 0) is 152 Å². The van der Waals surface area contributed by atoms with E-state index in [4.69, 9.17) is 38.9 Å². The van der Waals surface area contributed by atoms with Crippen molar-refractivity contribution in [1.82, 2.24) is 46.9 Å². The van der Waals surface area contributed by atoms with Gasteiger partial charge >= 0.3 is 24.1 Å². The van der Waals surface area contributed by atoms with Crippen LogP contribution in [-0.4, -0.2) is 229 Å². The number of aliphatic hydroxyl groups is 4. The molecule has 2 fully saturated rings. The Morgan fingerprint density at radius 3 is 1.93 bits per heavy atom. The van der Waals surface area contributed by atoms with E-state index in [9.17, 15) is 69.0 Å². The molecule has 8 unspecified atom stereocenters. The molecule has 0 spiro atoms. The minimum Gasteiger partial charge on any atom is -0.480 e. The number of allylic oxidation sites excluding steroid dienone is 2. The van der Waals surface area contributed by atoms with Crippen LogP contribution in [0.1, 0.15) is 185 Å². The van der Waals surface area contributed by atoms with Gasteiger partial charge in [0.1, 0.15) is 54.7 Å². The van der Waals surface area contributed by atoms with Gasteiger partial charge in [-0.25, -0.2) is 14.4 Å². The Labute approximate surface area is 551 Å². The van der Waals surface area contributed by atoms with Crippen molar-refractivity contribution in [1.29, 1.82) is 0 Å². The summed E-state index contributed by atoms with van der Waals surface area (Å²) < 4.78 is 41.7. The third-order valence-corrected chi connectivity index (χ3v) is 15.7. The number of hydrogen-bond acceptors (Lipinski definition) is 23. The molecule has 3 rings (SSSR count).